The van der Waals surface area contributed by atoms with Gasteiger partial charge in [0.2, 0.25) is 21.8 Å². The van der Waals surface area contributed by atoms with Crippen LogP contribution in [0.25, 0.3) is 0 Å². The highest BCUT2D eigenvalue weighted by Crippen LogP contribution is 2.34. The van der Waals surface area contributed by atoms with Crippen LogP contribution in [0.1, 0.15) is 33.3 Å². The summed E-state index contributed by atoms with van der Waals surface area (Å²) in [5.74, 6) is -0.476. The number of fused-ring (bicyclic) bond motifs is 1. The number of likely N-dealkylation sites (N-methyl/N-ethyl adjacent to an activating group) is 1. The van der Waals surface area contributed by atoms with Gasteiger partial charge in [-0.2, -0.15) is 4.31 Å². The van der Waals surface area contributed by atoms with E-state index in [-0.39, 0.29) is 16.7 Å². The van der Waals surface area contributed by atoms with Gasteiger partial charge in [0.25, 0.3) is 0 Å². The van der Waals surface area contributed by atoms with Crippen molar-refractivity contribution in [1.29, 1.82) is 0 Å². The molecule has 1 N–H and O–H groups in total. The quantitative estimate of drug-likeness (QED) is 0.817. The van der Waals surface area contributed by atoms with E-state index in [4.69, 9.17) is 0 Å². The zero-order chi connectivity index (χ0) is 18.8. The second-order valence-electron chi connectivity index (χ2n) is 5.88. The van der Waals surface area contributed by atoms with E-state index >= 15 is 0 Å². The van der Waals surface area contributed by atoms with Crippen LogP contribution in [-0.4, -0.2) is 50.2 Å². The first kappa shape index (κ1) is 19.4. The lowest BCUT2D eigenvalue weighted by molar-refractivity contribution is -0.125. The highest BCUT2D eigenvalue weighted by atomic mass is 32.2. The van der Waals surface area contributed by atoms with Crippen molar-refractivity contribution in [1.82, 2.24) is 9.62 Å². The summed E-state index contributed by atoms with van der Waals surface area (Å²) in [5, 5.41) is 2.73. The molecule has 138 valence electrons. The number of hydrogen-bond donors (Lipinski definition) is 1. The fourth-order valence-electron chi connectivity index (χ4n) is 3.19. The van der Waals surface area contributed by atoms with Gasteiger partial charge in [-0.3, -0.25) is 14.5 Å². The smallest absolute Gasteiger partial charge is 0.243 e. The van der Waals surface area contributed by atoms with Gasteiger partial charge < -0.3 is 5.32 Å². The summed E-state index contributed by atoms with van der Waals surface area (Å²) in [4.78, 5) is 25.9. The first-order chi connectivity index (χ1) is 11.8. The molecule has 1 aromatic rings. The number of carbonyl (C=O) groups is 2. The zero-order valence-electron chi connectivity index (χ0n) is 15.1. The molecule has 1 aromatic carbocycles. The zero-order valence-corrected chi connectivity index (χ0v) is 15.9. The molecule has 0 radical (unpaired) electrons. The molecule has 0 unspecified atom stereocenters. The summed E-state index contributed by atoms with van der Waals surface area (Å²) < 4.78 is 26.8. The molecule has 1 heterocycles. The molecule has 2 amide bonds. The standard InChI is InChI=1S/C17H25N3O4S/c1-5-18-17(22)16-11-13-10-14(25(23,24)19(6-2)7-3)8-9-15(13)20(16)12(4)21/h8-10,16H,5-7,11H2,1-4H3,(H,18,22)/t16-/m0/s1. The van der Waals surface area contributed by atoms with Crippen molar-refractivity contribution >= 4 is 27.5 Å². The molecule has 7 nitrogen and oxygen atoms in total. The molecule has 0 fully saturated rings. The fourth-order valence-corrected chi connectivity index (χ4v) is 4.70. The predicted molar refractivity (Wildman–Crippen MR) is 95.9 cm³/mol. The molecule has 0 saturated carbocycles. The molecule has 8 heteroatoms. The third kappa shape index (κ3) is 3.55. The lowest BCUT2D eigenvalue weighted by Gasteiger charge is -2.23. The molecule has 0 aromatic heterocycles. The summed E-state index contributed by atoms with van der Waals surface area (Å²) in [6.07, 6.45) is 0.308. The van der Waals surface area contributed by atoms with Crippen molar-refractivity contribution in [2.24, 2.45) is 0 Å². The van der Waals surface area contributed by atoms with Crippen molar-refractivity contribution in [2.45, 2.75) is 45.1 Å². The number of benzene rings is 1. The van der Waals surface area contributed by atoms with Crippen molar-refractivity contribution in [2.75, 3.05) is 24.5 Å². The minimum absolute atomic E-state index is 0.190. The number of amides is 2. The second-order valence-corrected chi connectivity index (χ2v) is 7.82. The Kier molecular flexibility index (Phi) is 5.84. The van der Waals surface area contributed by atoms with Gasteiger partial charge in [-0.15, -0.1) is 0 Å². The Morgan fingerprint density at radius 1 is 1.24 bits per heavy atom. The maximum atomic E-state index is 12.7. The lowest BCUT2D eigenvalue weighted by atomic mass is 10.1. The summed E-state index contributed by atoms with van der Waals surface area (Å²) >= 11 is 0. The average Bonchev–Trinajstić information content (AvgIpc) is 2.94. The molecule has 25 heavy (non-hydrogen) atoms. The van der Waals surface area contributed by atoms with Crippen LogP contribution in [0.3, 0.4) is 0 Å². The largest absolute Gasteiger partial charge is 0.355 e. The molecule has 1 atom stereocenters. The van der Waals surface area contributed by atoms with Crippen LogP contribution in [0.5, 0.6) is 0 Å². The van der Waals surface area contributed by atoms with E-state index in [1.54, 1.807) is 26.0 Å². The number of rotatable bonds is 6. The van der Waals surface area contributed by atoms with Gasteiger partial charge in [-0.05, 0) is 30.7 Å². The Balaban J connectivity index is 2.44. The van der Waals surface area contributed by atoms with Gasteiger partial charge in [0.15, 0.2) is 0 Å². The van der Waals surface area contributed by atoms with E-state index in [1.807, 2.05) is 6.92 Å². The summed E-state index contributed by atoms with van der Waals surface area (Å²) in [7, 11) is -3.58. The molecular formula is C17H25N3O4S. The third-order valence-electron chi connectivity index (χ3n) is 4.37. The number of nitrogens with zero attached hydrogens (tertiary/aromatic N) is 2. The Morgan fingerprint density at radius 3 is 2.40 bits per heavy atom. The molecule has 0 aliphatic carbocycles. The maximum Gasteiger partial charge on any atom is 0.243 e. The number of sulfonamides is 1. The summed E-state index contributed by atoms with van der Waals surface area (Å²) in [6.45, 7) is 8.04. The molecule has 1 aliphatic heterocycles. The predicted octanol–water partition coefficient (Wildman–Crippen LogP) is 1.13. The maximum absolute atomic E-state index is 12.7. The van der Waals surface area contributed by atoms with Crippen molar-refractivity contribution in [3.63, 3.8) is 0 Å². The molecule has 0 spiro atoms. The van der Waals surface area contributed by atoms with Crippen LogP contribution in [0, 0.1) is 0 Å². The van der Waals surface area contributed by atoms with E-state index in [9.17, 15) is 18.0 Å². The van der Waals surface area contributed by atoms with Crippen LogP contribution < -0.4 is 10.2 Å². The second kappa shape index (κ2) is 7.53. The SMILES string of the molecule is CCNC(=O)[C@@H]1Cc2cc(S(=O)(=O)N(CC)CC)ccc2N1C(C)=O. The van der Waals surface area contributed by atoms with Crippen LogP contribution in [0.4, 0.5) is 5.69 Å². The molecular weight excluding hydrogens is 342 g/mol. The highest BCUT2D eigenvalue weighted by molar-refractivity contribution is 7.89. The van der Waals surface area contributed by atoms with E-state index in [0.717, 1.165) is 0 Å². The molecule has 2 rings (SSSR count). The monoisotopic (exact) mass is 367 g/mol. The average molecular weight is 367 g/mol. The topological polar surface area (TPSA) is 86.8 Å². The minimum Gasteiger partial charge on any atom is -0.355 e. The highest BCUT2D eigenvalue weighted by Gasteiger charge is 2.37. The lowest BCUT2D eigenvalue weighted by Crippen LogP contribution is -2.47. The first-order valence-corrected chi connectivity index (χ1v) is 9.92. The van der Waals surface area contributed by atoms with Gasteiger partial charge in [0.05, 0.1) is 4.90 Å². The van der Waals surface area contributed by atoms with Crippen LogP contribution >= 0.6 is 0 Å². The first-order valence-electron chi connectivity index (χ1n) is 8.48. The number of nitrogens with one attached hydrogen (secondary N) is 1. The van der Waals surface area contributed by atoms with E-state index < -0.39 is 16.1 Å². The Bertz CT molecular complexity index is 772. The van der Waals surface area contributed by atoms with E-state index in [2.05, 4.69) is 5.32 Å². The van der Waals surface area contributed by atoms with Gasteiger partial charge in [0.1, 0.15) is 6.04 Å². The Morgan fingerprint density at radius 2 is 1.88 bits per heavy atom. The Hall–Kier alpha value is -1.93. The van der Waals surface area contributed by atoms with E-state index in [1.165, 1.54) is 22.2 Å². The van der Waals surface area contributed by atoms with Gasteiger partial charge in [-0.1, -0.05) is 13.8 Å². The molecule has 0 saturated heterocycles. The Labute approximate surface area is 149 Å². The van der Waals surface area contributed by atoms with Crippen molar-refractivity contribution in [3.8, 4) is 0 Å². The minimum atomic E-state index is -3.58. The van der Waals surface area contributed by atoms with Gasteiger partial charge in [0, 0.05) is 38.7 Å². The number of hydrogen-bond acceptors (Lipinski definition) is 4. The van der Waals surface area contributed by atoms with Crippen LogP contribution in [-0.2, 0) is 26.0 Å². The van der Waals surface area contributed by atoms with Crippen LogP contribution in [0.15, 0.2) is 23.1 Å². The normalized spacial score (nSPS) is 16.8. The third-order valence-corrected chi connectivity index (χ3v) is 6.42. The molecule has 0 bridgehead atoms. The number of anilines is 1. The molecule has 1 aliphatic rings. The van der Waals surface area contributed by atoms with Gasteiger partial charge >= 0.3 is 0 Å². The fraction of sp³-hybridized carbons (Fsp3) is 0.529. The van der Waals surface area contributed by atoms with Crippen molar-refractivity contribution < 1.29 is 18.0 Å². The van der Waals surface area contributed by atoms with E-state index in [0.29, 0.717) is 37.3 Å². The summed E-state index contributed by atoms with van der Waals surface area (Å²) in [5.41, 5.74) is 1.29. The number of carbonyl (C=O) groups excluding carboxylic acids is 2. The van der Waals surface area contributed by atoms with Crippen LogP contribution in [0.2, 0.25) is 0 Å². The van der Waals surface area contributed by atoms with Crippen molar-refractivity contribution in [3.05, 3.63) is 23.8 Å². The van der Waals surface area contributed by atoms with Gasteiger partial charge in [-0.25, -0.2) is 8.42 Å². The summed E-state index contributed by atoms with van der Waals surface area (Å²) in [6, 6.07) is 4.06.